The third-order valence-corrected chi connectivity index (χ3v) is 6.08. The summed E-state index contributed by atoms with van der Waals surface area (Å²) >= 11 is 0. The number of ketones is 2. The normalized spacial score (nSPS) is 14.7. The third-order valence-electron chi connectivity index (χ3n) is 6.08. The minimum Gasteiger partial charge on any atom is -0.486 e. The van der Waals surface area contributed by atoms with E-state index < -0.39 is 18.4 Å². The summed E-state index contributed by atoms with van der Waals surface area (Å²) in [5.41, 5.74) is 3.23. The monoisotopic (exact) mass is 465 g/mol. The van der Waals surface area contributed by atoms with Crippen molar-refractivity contribution in [2.75, 3.05) is 13.2 Å². The van der Waals surface area contributed by atoms with E-state index in [1.54, 1.807) is 27.0 Å². The molecule has 1 unspecified atom stereocenters. The molecule has 0 amide bonds. The lowest BCUT2D eigenvalue weighted by atomic mass is 10.1. The largest absolute Gasteiger partial charge is 0.486 e. The number of aryl methyl sites for hydroxylation is 3. The quantitative estimate of drug-likeness (QED) is 0.300. The Morgan fingerprint density at radius 1 is 1.09 bits per heavy atom. The van der Waals surface area contributed by atoms with Gasteiger partial charge in [-0.25, -0.2) is 4.79 Å². The Hall–Kier alpha value is -3.88. The Morgan fingerprint density at radius 2 is 1.79 bits per heavy atom. The number of rotatable bonds is 7. The van der Waals surface area contributed by atoms with Gasteiger partial charge in [0.15, 0.2) is 24.2 Å². The van der Waals surface area contributed by atoms with E-state index in [1.807, 2.05) is 42.7 Å². The van der Waals surface area contributed by atoms with Gasteiger partial charge in [0.2, 0.25) is 5.78 Å². The number of benzene rings is 1. The smallest absolute Gasteiger partial charge is 0.380 e. The molecule has 178 valence electrons. The van der Waals surface area contributed by atoms with Gasteiger partial charge in [0.25, 0.3) is 5.78 Å². The zero-order chi connectivity index (χ0) is 24.6. The van der Waals surface area contributed by atoms with Crippen LogP contribution < -0.4 is 9.47 Å². The first-order valence-electron chi connectivity index (χ1n) is 11.0. The van der Waals surface area contributed by atoms with E-state index in [4.69, 9.17) is 14.2 Å². The number of Topliss-reactive ketones (excluding diaryl/α,β-unsaturated/α-hetero) is 2. The second-order valence-corrected chi connectivity index (χ2v) is 8.39. The van der Waals surface area contributed by atoms with Crippen LogP contribution in [-0.4, -0.2) is 51.2 Å². The topological polar surface area (TPSA) is 102 Å². The van der Waals surface area contributed by atoms with Gasteiger partial charge >= 0.3 is 5.97 Å². The lowest BCUT2D eigenvalue weighted by molar-refractivity contribution is -0.137. The maximum Gasteiger partial charge on any atom is 0.380 e. The Labute approximate surface area is 197 Å². The van der Waals surface area contributed by atoms with Crippen LogP contribution in [0, 0.1) is 27.7 Å². The molecule has 1 aromatic carbocycles. The number of esters is 1. The highest BCUT2D eigenvalue weighted by molar-refractivity contribution is 6.41. The summed E-state index contributed by atoms with van der Waals surface area (Å²) in [4.78, 5) is 37.6. The van der Waals surface area contributed by atoms with Crippen LogP contribution in [0.2, 0.25) is 0 Å². The number of hydrogen-bond acceptors (Lipinski definition) is 7. The van der Waals surface area contributed by atoms with Crippen LogP contribution >= 0.6 is 0 Å². The first-order valence-corrected chi connectivity index (χ1v) is 11.0. The van der Waals surface area contributed by atoms with Gasteiger partial charge in [0.1, 0.15) is 6.61 Å². The van der Waals surface area contributed by atoms with Gasteiger partial charge < -0.3 is 18.8 Å². The number of aromatic nitrogens is 3. The number of para-hydroxylation sites is 2. The molecule has 3 aromatic rings. The third kappa shape index (κ3) is 4.33. The fourth-order valence-electron chi connectivity index (χ4n) is 4.20. The molecule has 1 aliphatic heterocycles. The molecule has 0 fully saturated rings. The molecule has 0 bridgehead atoms. The zero-order valence-electron chi connectivity index (χ0n) is 19.9. The van der Waals surface area contributed by atoms with Crippen LogP contribution in [0.3, 0.4) is 0 Å². The van der Waals surface area contributed by atoms with Crippen molar-refractivity contribution in [2.45, 2.75) is 40.3 Å². The first kappa shape index (κ1) is 23.3. The highest BCUT2D eigenvalue weighted by atomic mass is 16.6. The Bertz CT molecular complexity index is 1290. The second kappa shape index (κ2) is 9.17. The molecule has 0 N–H and O–H groups in total. The fraction of sp³-hybridized carbons (Fsp3) is 0.360. The maximum absolute atomic E-state index is 12.8. The standard InChI is InChI=1S/C25H27N3O6/c1-14-10-19(16(3)28(14)11-18-12-32-21-8-6-7-9-22(21)34-18)20(29)13-33-25(31)24(30)23-15(2)26-27(5)17(23)4/h6-10,18H,11-13H2,1-5H3. The van der Waals surface area contributed by atoms with Crippen molar-refractivity contribution in [3.63, 3.8) is 0 Å². The van der Waals surface area contributed by atoms with E-state index in [9.17, 15) is 14.4 Å². The molecule has 0 saturated carbocycles. The molecule has 2 aromatic heterocycles. The average molecular weight is 466 g/mol. The molecule has 4 rings (SSSR count). The number of ether oxygens (including phenoxy) is 3. The van der Waals surface area contributed by atoms with Gasteiger partial charge in [-0.05, 0) is 45.9 Å². The van der Waals surface area contributed by atoms with Crippen LogP contribution in [0.25, 0.3) is 0 Å². The first-order chi connectivity index (χ1) is 16.2. The van der Waals surface area contributed by atoms with Gasteiger partial charge in [-0.1, -0.05) is 12.1 Å². The van der Waals surface area contributed by atoms with Gasteiger partial charge in [-0.2, -0.15) is 5.10 Å². The number of carbonyl (C=O) groups is 3. The number of hydrogen-bond donors (Lipinski definition) is 0. The minimum atomic E-state index is -1.08. The Morgan fingerprint density at radius 3 is 2.47 bits per heavy atom. The van der Waals surface area contributed by atoms with Crippen molar-refractivity contribution >= 4 is 17.5 Å². The average Bonchev–Trinajstić information content (AvgIpc) is 3.24. The van der Waals surface area contributed by atoms with Crippen LogP contribution in [0.1, 0.15) is 43.5 Å². The van der Waals surface area contributed by atoms with E-state index in [1.165, 1.54) is 4.68 Å². The molecule has 0 aliphatic carbocycles. The molecule has 3 heterocycles. The molecule has 0 radical (unpaired) electrons. The summed E-state index contributed by atoms with van der Waals surface area (Å²) in [6.07, 6.45) is -0.218. The maximum atomic E-state index is 12.8. The SMILES string of the molecule is Cc1nn(C)c(C)c1C(=O)C(=O)OCC(=O)c1cc(C)n(CC2COc3ccccc3O2)c1C. The van der Waals surface area contributed by atoms with Crippen LogP contribution in [-0.2, 0) is 23.1 Å². The minimum absolute atomic E-state index is 0.203. The van der Waals surface area contributed by atoms with Gasteiger partial charge in [-0.15, -0.1) is 0 Å². The molecular formula is C25H27N3O6. The van der Waals surface area contributed by atoms with Crippen molar-refractivity contribution in [2.24, 2.45) is 7.05 Å². The van der Waals surface area contributed by atoms with E-state index in [-0.39, 0.29) is 17.5 Å². The van der Waals surface area contributed by atoms with Gasteiger partial charge in [0, 0.05) is 29.7 Å². The highest BCUT2D eigenvalue weighted by Gasteiger charge is 2.27. The predicted molar refractivity (Wildman–Crippen MR) is 123 cm³/mol. The number of fused-ring (bicyclic) bond motifs is 1. The summed E-state index contributed by atoms with van der Waals surface area (Å²) in [7, 11) is 1.69. The molecule has 1 atom stereocenters. The highest BCUT2D eigenvalue weighted by Crippen LogP contribution is 2.31. The summed E-state index contributed by atoms with van der Waals surface area (Å²) < 4.78 is 20.4. The van der Waals surface area contributed by atoms with Gasteiger partial charge in [-0.3, -0.25) is 14.3 Å². The molecule has 9 nitrogen and oxygen atoms in total. The van der Waals surface area contributed by atoms with Crippen molar-refractivity contribution in [1.82, 2.24) is 14.3 Å². The van der Waals surface area contributed by atoms with Crippen molar-refractivity contribution in [1.29, 1.82) is 0 Å². The van der Waals surface area contributed by atoms with Crippen LogP contribution in [0.15, 0.2) is 30.3 Å². The molecule has 9 heteroatoms. The van der Waals surface area contributed by atoms with Crippen LogP contribution in [0.5, 0.6) is 11.5 Å². The number of nitrogens with zero attached hydrogens (tertiary/aromatic N) is 3. The fourth-order valence-corrected chi connectivity index (χ4v) is 4.20. The van der Waals surface area contributed by atoms with E-state index in [0.29, 0.717) is 41.6 Å². The van der Waals surface area contributed by atoms with Crippen molar-refractivity contribution < 1.29 is 28.6 Å². The molecule has 0 spiro atoms. The summed E-state index contributed by atoms with van der Waals surface area (Å²) in [6, 6.07) is 9.24. The Kier molecular flexibility index (Phi) is 6.28. The Balaban J connectivity index is 1.41. The van der Waals surface area contributed by atoms with Crippen molar-refractivity contribution in [3.8, 4) is 11.5 Å². The predicted octanol–water partition coefficient (Wildman–Crippen LogP) is 2.90. The number of carbonyl (C=O) groups excluding carboxylic acids is 3. The van der Waals surface area contributed by atoms with Crippen molar-refractivity contribution in [3.05, 3.63) is 64.2 Å². The second-order valence-electron chi connectivity index (χ2n) is 8.39. The lowest BCUT2D eigenvalue weighted by Crippen LogP contribution is -2.33. The van der Waals surface area contributed by atoms with Gasteiger partial charge in [0.05, 0.1) is 17.8 Å². The molecule has 0 saturated heterocycles. The molecule has 1 aliphatic rings. The van der Waals surface area contributed by atoms with E-state index >= 15 is 0 Å². The molecule has 34 heavy (non-hydrogen) atoms. The zero-order valence-corrected chi connectivity index (χ0v) is 19.9. The van der Waals surface area contributed by atoms with E-state index in [0.717, 1.165) is 11.4 Å². The molecular weight excluding hydrogens is 438 g/mol. The van der Waals surface area contributed by atoms with E-state index in [2.05, 4.69) is 5.10 Å². The van der Waals surface area contributed by atoms with Crippen LogP contribution in [0.4, 0.5) is 0 Å². The summed E-state index contributed by atoms with van der Waals surface area (Å²) in [6.45, 7) is 7.43. The summed E-state index contributed by atoms with van der Waals surface area (Å²) in [5.74, 6) is -0.869. The lowest BCUT2D eigenvalue weighted by Gasteiger charge is -2.27. The summed E-state index contributed by atoms with van der Waals surface area (Å²) in [5, 5.41) is 4.14.